The average molecular weight is 1320 g/mol. The molecule has 2 amide bonds. The summed E-state index contributed by atoms with van der Waals surface area (Å²) in [4.78, 5) is 38.6. The van der Waals surface area contributed by atoms with Crippen molar-refractivity contribution in [2.24, 2.45) is 0 Å². The molecule has 0 saturated carbocycles. The summed E-state index contributed by atoms with van der Waals surface area (Å²) in [5, 5.41) is 136. The first-order chi connectivity index (χ1) is 44.4. The number of aliphatic carboxylic acids is 1. The quantitative estimate of drug-likeness (QED) is 0.0266. The first kappa shape index (κ1) is 84.0. The van der Waals surface area contributed by atoms with E-state index in [1.807, 2.05) is 0 Å². The molecule has 3 rings (SSSR count). The third-order valence-corrected chi connectivity index (χ3v) is 18.8. The number of ether oxygens (including phenoxy) is 6. The van der Waals surface area contributed by atoms with Gasteiger partial charge in [0.1, 0.15) is 67.1 Å². The maximum absolute atomic E-state index is 13.5. The van der Waals surface area contributed by atoms with Gasteiger partial charge in [-0.3, -0.25) is 9.59 Å². The normalized spacial score (nSPS) is 28.2. The summed E-state index contributed by atoms with van der Waals surface area (Å²) >= 11 is 0. The zero-order valence-corrected chi connectivity index (χ0v) is 56.7. The van der Waals surface area contributed by atoms with Crippen molar-refractivity contribution < 1.29 is 104 Å². The van der Waals surface area contributed by atoms with Crippen molar-refractivity contribution in [2.45, 2.75) is 394 Å². The molecule has 23 nitrogen and oxygen atoms in total. The number of carbonyl (C=O) groups excluding carboxylic acids is 2. The van der Waals surface area contributed by atoms with Crippen molar-refractivity contribution in [3.63, 3.8) is 0 Å². The van der Waals surface area contributed by atoms with E-state index in [-0.39, 0.29) is 18.9 Å². The molecule has 3 saturated heterocycles. The smallest absolute Gasteiger partial charge is 0.364 e. The molecule has 0 spiro atoms. The van der Waals surface area contributed by atoms with Gasteiger partial charge < -0.3 is 100 Å². The molecule has 23 heteroatoms. The van der Waals surface area contributed by atoms with E-state index in [1.165, 1.54) is 186 Å². The topological polar surface area (TPSA) is 373 Å². The van der Waals surface area contributed by atoms with E-state index in [0.717, 1.165) is 51.9 Å². The van der Waals surface area contributed by atoms with Gasteiger partial charge in [0.25, 0.3) is 5.79 Å². The molecule has 3 aliphatic rings. The highest BCUT2D eigenvalue weighted by atomic mass is 16.8. The number of nitrogens with one attached hydrogen (secondary N) is 2. The van der Waals surface area contributed by atoms with Crippen LogP contribution in [-0.2, 0) is 42.8 Å². The first-order valence-electron chi connectivity index (χ1n) is 36.4. The lowest BCUT2D eigenvalue weighted by Crippen LogP contribution is -2.70. The third kappa shape index (κ3) is 31.9. The molecule has 18 unspecified atom stereocenters. The molecule has 14 N–H and O–H groups in total. The molecule has 542 valence electrons. The van der Waals surface area contributed by atoms with E-state index in [2.05, 4.69) is 24.5 Å². The lowest BCUT2D eigenvalue weighted by atomic mass is 9.88. The Hall–Kier alpha value is -2.27. The van der Waals surface area contributed by atoms with Gasteiger partial charge in [-0.25, -0.2) is 4.79 Å². The minimum absolute atomic E-state index is 0.229. The first-order valence-corrected chi connectivity index (χ1v) is 36.4. The molecule has 0 aliphatic carbocycles. The minimum atomic E-state index is -3.08. The van der Waals surface area contributed by atoms with Gasteiger partial charge in [0, 0.05) is 19.8 Å². The molecule has 3 heterocycles. The number of aliphatic hydroxyl groups excluding tert-OH is 11. The molecule has 0 aromatic heterocycles. The number of hydrogen-bond donors (Lipinski definition) is 14. The number of carboxylic acids is 1. The minimum Gasteiger partial charge on any atom is -0.477 e. The molecule has 0 aromatic rings. The second kappa shape index (κ2) is 50.1. The Morgan fingerprint density at radius 1 is 0.522 bits per heavy atom. The highest BCUT2D eigenvalue weighted by molar-refractivity contribution is 5.77. The number of carbonyl (C=O) groups is 3. The summed E-state index contributed by atoms with van der Waals surface area (Å²) < 4.78 is 34.9. The van der Waals surface area contributed by atoms with E-state index < -0.39 is 148 Å². The van der Waals surface area contributed by atoms with Gasteiger partial charge in [-0.05, 0) is 12.8 Å². The molecule has 3 fully saturated rings. The standard InChI is InChI=1S/C69H130N2O21/c1-4-6-8-10-12-14-16-18-20-22-24-26-28-30-32-34-36-38-40-42-51(76)50(71-56(79)43-41-39-37-35-33-31-29-27-25-23-21-19-17-15-13-11-9-7-5-2)48-87-66-61(83)60(82)63(55(47-74)89-66)90-67-62(84)65(59(81)54(46-73)88-67)92-69(68(85)86)44-52(77)57(70-49(3)75)64(91-69)58(80)53(78)45-72/h50-55,57-67,72-74,76-78,80-84H,4-48H2,1-3H3,(H,70,75)(H,71,79)(H,85,86). The van der Waals surface area contributed by atoms with Crippen LogP contribution in [0.2, 0.25) is 0 Å². The summed E-state index contributed by atoms with van der Waals surface area (Å²) in [6, 6.07) is -2.52. The highest BCUT2D eigenvalue weighted by Gasteiger charge is 2.60. The van der Waals surface area contributed by atoms with E-state index in [9.17, 15) is 75.7 Å². The SMILES string of the molecule is CCCCCCCCCCCCCCCCCCCCCC(=O)NC(COC1OC(CO)C(OC2OC(CO)C(O)C(OC3(C(=O)O)CC(O)C(NC(C)=O)C(C(O)C(O)CO)O3)C2O)C(O)C1O)C(O)CCCCCCCCCCCCCCCCCCCCC. The average Bonchev–Trinajstić information content (AvgIpc) is 0.767. The summed E-state index contributed by atoms with van der Waals surface area (Å²) in [7, 11) is 0. The summed E-state index contributed by atoms with van der Waals surface area (Å²) in [5.74, 6) is -6.09. The molecular formula is C69H130N2O21. The maximum Gasteiger partial charge on any atom is 0.364 e. The van der Waals surface area contributed by atoms with Gasteiger partial charge in [0.2, 0.25) is 11.8 Å². The zero-order valence-electron chi connectivity index (χ0n) is 56.7. The van der Waals surface area contributed by atoms with Crippen LogP contribution in [-0.4, -0.2) is 215 Å². The van der Waals surface area contributed by atoms with Crippen molar-refractivity contribution in [2.75, 3.05) is 26.4 Å². The Balaban J connectivity index is 1.57. The van der Waals surface area contributed by atoms with Crippen LogP contribution in [0, 0.1) is 0 Å². The lowest BCUT2D eigenvalue weighted by Gasteiger charge is -2.50. The number of amides is 2. The van der Waals surface area contributed by atoms with Gasteiger partial charge in [-0.1, -0.05) is 251 Å². The molecular weight excluding hydrogens is 1190 g/mol. The number of unbranched alkanes of at least 4 members (excludes halogenated alkanes) is 36. The zero-order chi connectivity index (χ0) is 67.5. The Bertz CT molecular complexity index is 1860. The highest BCUT2D eigenvalue weighted by Crippen LogP contribution is 2.39. The summed E-state index contributed by atoms with van der Waals surface area (Å²) in [6.45, 7) is 2.24. The third-order valence-electron chi connectivity index (χ3n) is 18.8. The number of hydrogen-bond acceptors (Lipinski definition) is 20. The van der Waals surface area contributed by atoms with E-state index >= 15 is 0 Å². The van der Waals surface area contributed by atoms with Crippen molar-refractivity contribution in [1.82, 2.24) is 10.6 Å². The molecule has 92 heavy (non-hydrogen) atoms. The van der Waals surface area contributed by atoms with Crippen LogP contribution in [0.3, 0.4) is 0 Å². The Morgan fingerprint density at radius 3 is 1.36 bits per heavy atom. The molecule has 18 atom stereocenters. The van der Waals surface area contributed by atoms with Gasteiger partial charge in [0.05, 0.1) is 50.7 Å². The maximum atomic E-state index is 13.5. The van der Waals surface area contributed by atoms with Crippen LogP contribution < -0.4 is 10.6 Å². The van der Waals surface area contributed by atoms with Crippen molar-refractivity contribution in [1.29, 1.82) is 0 Å². The van der Waals surface area contributed by atoms with Crippen molar-refractivity contribution in [3.8, 4) is 0 Å². The second-order valence-corrected chi connectivity index (χ2v) is 26.8. The Labute approximate surface area is 550 Å². The van der Waals surface area contributed by atoms with Crippen LogP contribution >= 0.6 is 0 Å². The fraction of sp³-hybridized carbons (Fsp3) is 0.957. The van der Waals surface area contributed by atoms with Crippen LogP contribution in [0.5, 0.6) is 0 Å². The molecule has 3 aliphatic heterocycles. The second-order valence-electron chi connectivity index (χ2n) is 26.8. The van der Waals surface area contributed by atoms with Crippen LogP contribution in [0.1, 0.15) is 284 Å². The fourth-order valence-electron chi connectivity index (χ4n) is 13.0. The van der Waals surface area contributed by atoms with Gasteiger partial charge >= 0.3 is 5.97 Å². The number of carboxylic acid groups (broad SMARTS) is 1. The monoisotopic (exact) mass is 1320 g/mol. The van der Waals surface area contributed by atoms with Gasteiger partial charge in [-0.15, -0.1) is 0 Å². The Kier molecular flexibility index (Phi) is 45.7. The van der Waals surface area contributed by atoms with Crippen molar-refractivity contribution >= 4 is 17.8 Å². The summed E-state index contributed by atoms with van der Waals surface area (Å²) in [5.41, 5.74) is 0. The number of rotatable bonds is 56. The predicted molar refractivity (Wildman–Crippen MR) is 348 cm³/mol. The summed E-state index contributed by atoms with van der Waals surface area (Å²) in [6.07, 6.45) is 18.1. The Morgan fingerprint density at radius 2 is 0.946 bits per heavy atom. The van der Waals surface area contributed by atoms with Crippen LogP contribution in [0.15, 0.2) is 0 Å². The molecule has 0 bridgehead atoms. The molecule has 0 radical (unpaired) electrons. The number of aliphatic hydroxyl groups is 11. The van der Waals surface area contributed by atoms with E-state index in [4.69, 9.17) is 28.4 Å². The largest absolute Gasteiger partial charge is 0.477 e. The predicted octanol–water partition coefficient (Wildman–Crippen LogP) is 7.29. The van der Waals surface area contributed by atoms with Crippen LogP contribution in [0.25, 0.3) is 0 Å². The fourth-order valence-corrected chi connectivity index (χ4v) is 13.0. The van der Waals surface area contributed by atoms with E-state index in [1.54, 1.807) is 0 Å². The van der Waals surface area contributed by atoms with Crippen molar-refractivity contribution in [3.05, 3.63) is 0 Å². The van der Waals surface area contributed by atoms with Crippen LogP contribution in [0.4, 0.5) is 0 Å². The van der Waals surface area contributed by atoms with E-state index in [0.29, 0.717) is 19.3 Å². The molecule has 0 aromatic carbocycles. The lowest BCUT2D eigenvalue weighted by molar-refractivity contribution is -0.386. The van der Waals surface area contributed by atoms with Gasteiger partial charge in [0.15, 0.2) is 12.6 Å². The van der Waals surface area contributed by atoms with Gasteiger partial charge in [-0.2, -0.15) is 0 Å².